The Morgan fingerprint density at radius 2 is 1.93 bits per heavy atom. The lowest BCUT2D eigenvalue weighted by Gasteiger charge is -2.19. The predicted octanol–water partition coefficient (Wildman–Crippen LogP) is 5.49. The summed E-state index contributed by atoms with van der Waals surface area (Å²) >= 11 is 1.30. The second-order valence-electron chi connectivity index (χ2n) is 6.29. The number of anilines is 1. The molecule has 4 rings (SSSR count). The molecule has 0 aliphatic rings. The molecule has 6 heteroatoms. The van der Waals surface area contributed by atoms with Crippen LogP contribution in [0.25, 0.3) is 10.2 Å². The fourth-order valence-electron chi connectivity index (χ4n) is 3.00. The van der Waals surface area contributed by atoms with Crippen LogP contribution in [0.2, 0.25) is 0 Å². The second kappa shape index (κ2) is 6.96. The first-order chi connectivity index (χ1) is 13.0. The maximum absolute atomic E-state index is 14.1. The number of para-hydroxylation sites is 1. The summed E-state index contributed by atoms with van der Waals surface area (Å²) in [4.78, 5) is 19.3. The van der Waals surface area contributed by atoms with Gasteiger partial charge in [0, 0.05) is 0 Å². The van der Waals surface area contributed by atoms with Crippen LogP contribution >= 0.6 is 11.3 Å². The quantitative estimate of drug-likeness (QED) is 0.470. The number of aromatic nitrogens is 1. The van der Waals surface area contributed by atoms with Crippen LogP contribution in [0.3, 0.4) is 0 Å². The Hall–Kier alpha value is -2.99. The lowest BCUT2D eigenvalue weighted by molar-refractivity contribution is 0.0983. The molecule has 0 atom stereocenters. The first-order valence-corrected chi connectivity index (χ1v) is 9.32. The third-order valence-electron chi connectivity index (χ3n) is 4.29. The molecule has 0 aliphatic heterocycles. The van der Waals surface area contributed by atoms with Crippen molar-refractivity contribution in [1.29, 1.82) is 0 Å². The van der Waals surface area contributed by atoms with Gasteiger partial charge in [-0.05, 0) is 37.6 Å². The van der Waals surface area contributed by atoms with E-state index in [1.165, 1.54) is 17.4 Å². The van der Waals surface area contributed by atoms with Gasteiger partial charge < -0.3 is 4.42 Å². The number of fused-ring (bicyclic) bond motifs is 1. The topological polar surface area (TPSA) is 46.3 Å². The number of halogens is 1. The molecule has 0 unspecified atom stereocenters. The van der Waals surface area contributed by atoms with Gasteiger partial charge in [0.25, 0.3) is 5.91 Å². The van der Waals surface area contributed by atoms with E-state index in [0.717, 1.165) is 5.56 Å². The molecule has 0 aliphatic carbocycles. The molecule has 0 radical (unpaired) electrons. The maximum Gasteiger partial charge on any atom is 0.263 e. The van der Waals surface area contributed by atoms with Crippen molar-refractivity contribution in [2.45, 2.75) is 20.4 Å². The van der Waals surface area contributed by atoms with E-state index in [1.54, 1.807) is 36.9 Å². The smallest absolute Gasteiger partial charge is 0.263 e. The van der Waals surface area contributed by atoms with Gasteiger partial charge in [-0.25, -0.2) is 9.37 Å². The number of amides is 1. The molecule has 27 heavy (non-hydrogen) atoms. The van der Waals surface area contributed by atoms with Crippen LogP contribution in [0, 0.1) is 19.7 Å². The molecule has 1 amide bonds. The average molecular weight is 380 g/mol. The van der Waals surface area contributed by atoms with Crippen LogP contribution in [0.4, 0.5) is 9.52 Å². The summed E-state index contributed by atoms with van der Waals surface area (Å²) in [5.41, 5.74) is 1.73. The molecule has 4 aromatic rings. The summed E-state index contributed by atoms with van der Waals surface area (Å²) < 4.78 is 20.3. The van der Waals surface area contributed by atoms with E-state index in [-0.39, 0.29) is 11.4 Å². The first kappa shape index (κ1) is 17.4. The van der Waals surface area contributed by atoms with Crippen LogP contribution in [0.15, 0.2) is 59.0 Å². The SMILES string of the molecule is Cc1cc(C(=O)N(Cc2ccccc2)c2nc3c(F)cccc3s2)c(C)o1. The molecule has 0 saturated heterocycles. The Morgan fingerprint density at radius 1 is 1.15 bits per heavy atom. The van der Waals surface area contributed by atoms with Crippen molar-refractivity contribution in [3.8, 4) is 0 Å². The number of rotatable bonds is 4. The number of benzene rings is 2. The van der Waals surface area contributed by atoms with E-state index in [9.17, 15) is 9.18 Å². The zero-order chi connectivity index (χ0) is 19.0. The van der Waals surface area contributed by atoms with Gasteiger partial charge in [0.1, 0.15) is 22.9 Å². The molecule has 2 aromatic heterocycles. The van der Waals surface area contributed by atoms with E-state index >= 15 is 0 Å². The van der Waals surface area contributed by atoms with E-state index in [4.69, 9.17) is 4.42 Å². The minimum absolute atomic E-state index is 0.215. The summed E-state index contributed by atoms with van der Waals surface area (Å²) in [6, 6.07) is 16.2. The van der Waals surface area contributed by atoms with Crippen LogP contribution in [0.5, 0.6) is 0 Å². The largest absolute Gasteiger partial charge is 0.466 e. The van der Waals surface area contributed by atoms with Crippen LogP contribution < -0.4 is 4.90 Å². The molecule has 2 heterocycles. The molecule has 0 N–H and O–H groups in total. The zero-order valence-corrected chi connectivity index (χ0v) is 15.7. The van der Waals surface area contributed by atoms with Gasteiger partial charge in [-0.2, -0.15) is 0 Å². The minimum atomic E-state index is -0.391. The normalized spacial score (nSPS) is 11.1. The second-order valence-corrected chi connectivity index (χ2v) is 7.30. The minimum Gasteiger partial charge on any atom is -0.466 e. The third kappa shape index (κ3) is 3.36. The van der Waals surface area contributed by atoms with Crippen molar-refractivity contribution in [1.82, 2.24) is 4.98 Å². The number of carbonyl (C=O) groups is 1. The highest BCUT2D eigenvalue weighted by molar-refractivity contribution is 7.22. The van der Waals surface area contributed by atoms with Crippen LogP contribution in [-0.4, -0.2) is 10.9 Å². The van der Waals surface area contributed by atoms with Gasteiger partial charge in [-0.1, -0.05) is 47.7 Å². The van der Waals surface area contributed by atoms with Crippen molar-refractivity contribution >= 4 is 32.6 Å². The van der Waals surface area contributed by atoms with Crippen molar-refractivity contribution in [3.63, 3.8) is 0 Å². The third-order valence-corrected chi connectivity index (χ3v) is 5.33. The van der Waals surface area contributed by atoms with E-state index in [1.807, 2.05) is 30.3 Å². The predicted molar refractivity (Wildman–Crippen MR) is 105 cm³/mol. The van der Waals surface area contributed by atoms with E-state index in [0.29, 0.717) is 33.5 Å². The van der Waals surface area contributed by atoms with Crippen molar-refractivity contribution in [3.05, 3.63) is 83.1 Å². The van der Waals surface area contributed by atoms with Gasteiger partial charge >= 0.3 is 0 Å². The number of hydrogen-bond acceptors (Lipinski definition) is 4. The summed E-state index contributed by atoms with van der Waals surface area (Å²) in [6.07, 6.45) is 0. The number of nitrogens with zero attached hydrogens (tertiary/aromatic N) is 2. The fraction of sp³-hybridized carbons (Fsp3) is 0.143. The number of thiazole rings is 1. The highest BCUT2D eigenvalue weighted by Gasteiger charge is 2.25. The number of hydrogen-bond donors (Lipinski definition) is 0. The summed E-state index contributed by atoms with van der Waals surface area (Å²) in [7, 11) is 0. The lowest BCUT2D eigenvalue weighted by Crippen LogP contribution is -2.30. The Bertz CT molecular complexity index is 1120. The Balaban J connectivity index is 1.80. The highest BCUT2D eigenvalue weighted by Crippen LogP contribution is 2.32. The summed E-state index contributed by atoms with van der Waals surface area (Å²) in [6.45, 7) is 3.90. The highest BCUT2D eigenvalue weighted by atomic mass is 32.1. The number of aryl methyl sites for hydroxylation is 2. The van der Waals surface area contributed by atoms with Crippen LogP contribution in [-0.2, 0) is 6.54 Å². The van der Waals surface area contributed by atoms with Crippen LogP contribution in [0.1, 0.15) is 27.4 Å². The molecule has 2 aromatic carbocycles. The molecule has 136 valence electrons. The molecule has 0 fully saturated rings. The Morgan fingerprint density at radius 3 is 2.59 bits per heavy atom. The van der Waals surface area contributed by atoms with Gasteiger partial charge in [0.15, 0.2) is 5.13 Å². The number of carbonyl (C=O) groups excluding carboxylic acids is 1. The molecule has 0 spiro atoms. The van der Waals surface area contributed by atoms with Gasteiger partial charge in [-0.15, -0.1) is 0 Å². The van der Waals surface area contributed by atoms with Crippen molar-refractivity contribution < 1.29 is 13.6 Å². The summed E-state index contributed by atoms with van der Waals surface area (Å²) in [5, 5.41) is 0.460. The standard InChI is InChI=1S/C21H17FN2O2S/c1-13-11-16(14(2)26-13)20(25)24(12-15-7-4-3-5-8-15)21-23-19-17(22)9-6-10-18(19)27-21/h3-11H,12H2,1-2H3. The Kier molecular flexibility index (Phi) is 4.49. The molecule has 0 saturated carbocycles. The Labute approximate surface area is 159 Å². The molecular formula is C21H17FN2O2S. The van der Waals surface area contributed by atoms with Gasteiger partial charge in [-0.3, -0.25) is 9.69 Å². The summed E-state index contributed by atoms with van der Waals surface area (Å²) in [5.74, 6) is 0.624. The van der Waals surface area contributed by atoms with Crippen molar-refractivity contribution in [2.24, 2.45) is 0 Å². The molecule has 4 nitrogen and oxygen atoms in total. The van der Waals surface area contributed by atoms with Gasteiger partial charge in [0.2, 0.25) is 0 Å². The first-order valence-electron chi connectivity index (χ1n) is 8.51. The zero-order valence-electron chi connectivity index (χ0n) is 14.9. The van der Waals surface area contributed by atoms with E-state index < -0.39 is 5.82 Å². The monoisotopic (exact) mass is 380 g/mol. The molecule has 0 bridgehead atoms. The fourth-order valence-corrected chi connectivity index (χ4v) is 3.98. The van der Waals surface area contributed by atoms with Crippen molar-refractivity contribution in [2.75, 3.05) is 4.90 Å². The lowest BCUT2D eigenvalue weighted by atomic mass is 10.2. The van der Waals surface area contributed by atoms with E-state index in [2.05, 4.69) is 4.98 Å². The van der Waals surface area contributed by atoms with Gasteiger partial charge in [0.05, 0.1) is 16.8 Å². The average Bonchev–Trinajstić information content (AvgIpc) is 3.23. The number of furan rings is 1. The molecular weight excluding hydrogens is 363 g/mol. The maximum atomic E-state index is 14.1.